The number of phenols is 1. The first-order valence-electron chi connectivity index (χ1n) is 14.0. The molecule has 222 valence electrons. The Hall–Kier alpha value is -4.60. The second kappa shape index (κ2) is 12.5. The van der Waals surface area contributed by atoms with Crippen molar-refractivity contribution in [3.8, 4) is 5.75 Å². The number of hydrogen-bond acceptors (Lipinski definition) is 6. The Morgan fingerprint density at radius 2 is 1.71 bits per heavy atom. The summed E-state index contributed by atoms with van der Waals surface area (Å²) in [5.74, 6) is -1.86. The maximum absolute atomic E-state index is 14.2. The summed E-state index contributed by atoms with van der Waals surface area (Å²) in [6, 6.07) is 15.2. The number of rotatable bonds is 9. The van der Waals surface area contributed by atoms with Gasteiger partial charge < -0.3 is 31.1 Å². The van der Waals surface area contributed by atoms with Crippen LogP contribution in [0.25, 0.3) is 10.8 Å². The summed E-state index contributed by atoms with van der Waals surface area (Å²) in [7, 11) is 0. The number of alkyl carbamates (subject to hydrolysis) is 1. The number of carbonyl (C=O) groups is 4. The lowest BCUT2D eigenvalue weighted by atomic mass is 9.87. The van der Waals surface area contributed by atoms with E-state index in [2.05, 4.69) is 10.6 Å². The zero-order valence-corrected chi connectivity index (χ0v) is 24.3. The minimum atomic E-state index is -1.35. The summed E-state index contributed by atoms with van der Waals surface area (Å²) in [5.41, 5.74) is 6.17. The number of anilines is 1. The molecule has 4 amide bonds. The van der Waals surface area contributed by atoms with Crippen LogP contribution in [-0.4, -0.2) is 51.5 Å². The van der Waals surface area contributed by atoms with Crippen LogP contribution in [0.4, 0.5) is 10.5 Å². The molecule has 3 aromatic carbocycles. The molecular formula is C32H38N4O6. The number of phenolic OH excluding ortho intramolecular Hbond substituents is 1. The first-order chi connectivity index (χ1) is 19.8. The topological polar surface area (TPSA) is 151 Å². The van der Waals surface area contributed by atoms with E-state index in [9.17, 15) is 24.3 Å². The van der Waals surface area contributed by atoms with Crippen molar-refractivity contribution < 1.29 is 29.0 Å². The monoisotopic (exact) mass is 574 g/mol. The van der Waals surface area contributed by atoms with Gasteiger partial charge in [0.15, 0.2) is 0 Å². The Balaban J connectivity index is 1.74. The fourth-order valence-electron chi connectivity index (χ4n) is 4.98. The third kappa shape index (κ3) is 7.37. The predicted octanol–water partition coefficient (Wildman–Crippen LogP) is 4.68. The summed E-state index contributed by atoms with van der Waals surface area (Å²) in [5, 5.41) is 17.6. The zero-order valence-electron chi connectivity index (χ0n) is 24.3. The average Bonchev–Trinajstić information content (AvgIpc) is 2.87. The van der Waals surface area contributed by atoms with Crippen LogP contribution in [0.3, 0.4) is 0 Å². The van der Waals surface area contributed by atoms with Crippen molar-refractivity contribution in [2.24, 2.45) is 5.73 Å². The molecule has 42 heavy (non-hydrogen) atoms. The third-order valence-electron chi connectivity index (χ3n) is 7.20. The van der Waals surface area contributed by atoms with Gasteiger partial charge in [-0.2, -0.15) is 0 Å². The smallest absolute Gasteiger partial charge is 0.408 e. The molecule has 0 spiro atoms. The van der Waals surface area contributed by atoms with Gasteiger partial charge in [0, 0.05) is 11.7 Å². The molecule has 1 fully saturated rings. The maximum Gasteiger partial charge on any atom is 0.408 e. The fraction of sp³-hybridized carbons (Fsp3) is 0.375. The van der Waals surface area contributed by atoms with Crippen molar-refractivity contribution >= 4 is 40.3 Å². The van der Waals surface area contributed by atoms with Gasteiger partial charge in [0.25, 0.3) is 5.91 Å². The van der Waals surface area contributed by atoms with Gasteiger partial charge in [-0.15, -0.1) is 0 Å². The highest BCUT2D eigenvalue weighted by Crippen LogP contribution is 2.36. The second-order valence-corrected chi connectivity index (χ2v) is 11.7. The molecule has 5 N–H and O–H groups in total. The van der Waals surface area contributed by atoms with Crippen molar-refractivity contribution in [2.75, 3.05) is 5.32 Å². The lowest BCUT2D eigenvalue weighted by molar-refractivity contribution is -0.146. The highest BCUT2D eigenvalue weighted by atomic mass is 16.6. The van der Waals surface area contributed by atoms with Crippen LogP contribution < -0.4 is 16.4 Å². The van der Waals surface area contributed by atoms with Crippen LogP contribution in [-0.2, 0) is 19.1 Å². The van der Waals surface area contributed by atoms with Gasteiger partial charge in [0.1, 0.15) is 23.4 Å². The highest BCUT2D eigenvalue weighted by Gasteiger charge is 2.42. The second-order valence-electron chi connectivity index (χ2n) is 11.7. The number of aromatic hydroxyl groups is 1. The zero-order chi connectivity index (χ0) is 30.6. The summed E-state index contributed by atoms with van der Waals surface area (Å²) < 4.78 is 5.34. The molecule has 1 aliphatic rings. The number of fused-ring (bicyclic) bond motifs is 1. The van der Waals surface area contributed by atoms with Crippen molar-refractivity contribution in [2.45, 2.75) is 77.1 Å². The summed E-state index contributed by atoms with van der Waals surface area (Å²) in [6.45, 7) is 6.74. The van der Waals surface area contributed by atoms with Crippen molar-refractivity contribution in [3.05, 3.63) is 71.8 Å². The van der Waals surface area contributed by atoms with E-state index in [0.29, 0.717) is 29.7 Å². The lowest BCUT2D eigenvalue weighted by Crippen LogP contribution is -2.57. The Morgan fingerprint density at radius 3 is 2.31 bits per heavy atom. The number of amides is 4. The van der Waals surface area contributed by atoms with E-state index in [4.69, 9.17) is 10.5 Å². The van der Waals surface area contributed by atoms with E-state index in [1.807, 2.05) is 36.4 Å². The summed E-state index contributed by atoms with van der Waals surface area (Å²) in [4.78, 5) is 54.5. The molecule has 0 bridgehead atoms. The van der Waals surface area contributed by atoms with E-state index in [1.165, 1.54) is 11.0 Å². The lowest BCUT2D eigenvalue weighted by Gasteiger charge is -2.43. The SMILES string of the molecule is Cc1cc(C(C(=O)Nc2ccc3ccccc3c2)N(C(=O)C(CC(N)=O)NC(=O)OC(C)(C)C)C2CCC2)ccc1O. The summed E-state index contributed by atoms with van der Waals surface area (Å²) >= 11 is 0. The fourth-order valence-corrected chi connectivity index (χ4v) is 4.98. The minimum absolute atomic E-state index is 0.0483. The van der Waals surface area contributed by atoms with Crippen molar-refractivity contribution in [1.29, 1.82) is 0 Å². The van der Waals surface area contributed by atoms with Gasteiger partial charge in [0.2, 0.25) is 11.8 Å². The summed E-state index contributed by atoms with van der Waals surface area (Å²) in [6.07, 6.45) is 0.765. The van der Waals surface area contributed by atoms with Gasteiger partial charge in [-0.3, -0.25) is 14.4 Å². The normalized spacial score (nSPS) is 14.8. The van der Waals surface area contributed by atoms with Crippen molar-refractivity contribution in [1.82, 2.24) is 10.2 Å². The number of nitrogens with two attached hydrogens (primary N) is 1. The van der Waals surface area contributed by atoms with Crippen LogP contribution in [0.2, 0.25) is 0 Å². The largest absolute Gasteiger partial charge is 0.508 e. The number of nitrogens with one attached hydrogen (secondary N) is 2. The quantitative estimate of drug-likeness (QED) is 0.291. The minimum Gasteiger partial charge on any atom is -0.508 e. The Bertz CT molecular complexity index is 1490. The van der Waals surface area contributed by atoms with Crippen LogP contribution in [0.1, 0.15) is 63.6 Å². The van der Waals surface area contributed by atoms with E-state index in [-0.39, 0.29) is 11.8 Å². The van der Waals surface area contributed by atoms with Crippen LogP contribution in [0.5, 0.6) is 5.75 Å². The molecule has 0 radical (unpaired) electrons. The molecule has 0 aliphatic heterocycles. The van der Waals surface area contributed by atoms with Crippen molar-refractivity contribution in [3.63, 3.8) is 0 Å². The molecule has 2 unspecified atom stereocenters. The molecule has 1 aliphatic carbocycles. The molecule has 0 heterocycles. The number of aryl methyl sites for hydroxylation is 1. The molecule has 4 rings (SSSR count). The number of benzene rings is 3. The molecular weight excluding hydrogens is 536 g/mol. The number of nitrogens with zero attached hydrogens (tertiary/aromatic N) is 1. The molecule has 10 heteroatoms. The van der Waals surface area contributed by atoms with E-state index >= 15 is 0 Å². The van der Waals surface area contributed by atoms with Gasteiger partial charge in [-0.05, 0) is 93.1 Å². The van der Waals surface area contributed by atoms with Crippen LogP contribution in [0.15, 0.2) is 60.7 Å². The number of primary amides is 1. The number of carbonyl (C=O) groups excluding carboxylic acids is 4. The van der Waals surface area contributed by atoms with Gasteiger partial charge in [0.05, 0.1) is 6.42 Å². The predicted molar refractivity (Wildman–Crippen MR) is 160 cm³/mol. The van der Waals surface area contributed by atoms with Gasteiger partial charge in [-0.1, -0.05) is 36.4 Å². The first kappa shape index (κ1) is 30.4. The Labute approximate surface area is 245 Å². The average molecular weight is 575 g/mol. The maximum atomic E-state index is 14.2. The molecule has 2 atom stereocenters. The van der Waals surface area contributed by atoms with Gasteiger partial charge >= 0.3 is 6.09 Å². The van der Waals surface area contributed by atoms with E-state index in [1.54, 1.807) is 45.9 Å². The Kier molecular flexibility index (Phi) is 9.04. The van der Waals surface area contributed by atoms with E-state index < -0.39 is 47.9 Å². The third-order valence-corrected chi connectivity index (χ3v) is 7.20. The Morgan fingerprint density at radius 1 is 1.02 bits per heavy atom. The molecule has 1 saturated carbocycles. The molecule has 0 saturated heterocycles. The number of hydrogen-bond donors (Lipinski definition) is 4. The molecule has 3 aromatic rings. The van der Waals surface area contributed by atoms with Crippen LogP contribution in [0, 0.1) is 6.92 Å². The molecule has 10 nitrogen and oxygen atoms in total. The standard InChI is InChI=1S/C32H38N4O6/c1-19-16-22(13-15-26(19)37)28(29(39)34-23-14-12-20-8-5-6-9-21(20)17-23)36(24-10-7-11-24)30(40)25(18-27(33)38)35-31(41)42-32(2,3)4/h5-6,8-9,12-17,24-25,28,37H,7,10-11,18H2,1-4H3,(H2,33,38)(H,34,39)(H,35,41). The first-order valence-corrected chi connectivity index (χ1v) is 14.0. The van der Waals surface area contributed by atoms with Gasteiger partial charge in [-0.25, -0.2) is 4.79 Å². The van der Waals surface area contributed by atoms with E-state index in [0.717, 1.165) is 17.2 Å². The number of ether oxygens (including phenoxy) is 1. The molecule has 0 aromatic heterocycles. The van der Waals surface area contributed by atoms with Crippen LogP contribution >= 0.6 is 0 Å². The highest BCUT2D eigenvalue weighted by molar-refractivity contribution is 6.01.